The number of anilines is 2. The number of nitrogens with zero attached hydrogens (tertiary/aromatic N) is 3. The second-order valence-electron chi connectivity index (χ2n) is 10.1. The first kappa shape index (κ1) is 27.3. The van der Waals surface area contributed by atoms with Gasteiger partial charge in [-0.3, -0.25) is 0 Å². The zero-order valence-electron chi connectivity index (χ0n) is 22.0. The van der Waals surface area contributed by atoms with Gasteiger partial charge in [0, 0.05) is 50.6 Å². The Labute approximate surface area is 227 Å². The number of halogens is 3. The van der Waals surface area contributed by atoms with Crippen LogP contribution in [0.15, 0.2) is 70.5 Å². The fraction of sp³-hybridized carbons (Fsp3) is 0.379. The van der Waals surface area contributed by atoms with Crippen molar-refractivity contribution in [3.8, 4) is 5.75 Å². The molecule has 0 spiro atoms. The average Bonchev–Trinajstić information content (AvgIpc) is 3.13. The molecule has 0 radical (unpaired) electrons. The van der Waals surface area contributed by atoms with Gasteiger partial charge < -0.3 is 19.4 Å². The van der Waals surface area contributed by atoms with Gasteiger partial charge in [0.15, 0.2) is 0 Å². The van der Waals surface area contributed by atoms with Crippen molar-refractivity contribution in [2.45, 2.75) is 28.8 Å². The van der Waals surface area contributed by atoms with Gasteiger partial charge in [0.25, 0.3) is 0 Å². The van der Waals surface area contributed by atoms with Crippen LogP contribution in [0.5, 0.6) is 5.75 Å². The number of methoxy groups -OCH3 is 1. The number of piperazine rings is 1. The van der Waals surface area contributed by atoms with Gasteiger partial charge >= 0.3 is 6.18 Å². The van der Waals surface area contributed by atoms with Gasteiger partial charge in [0.05, 0.1) is 17.6 Å². The van der Waals surface area contributed by atoms with Crippen molar-refractivity contribution in [3.05, 3.63) is 77.4 Å². The number of alkyl halides is 3. The molecular formula is C29H32F3N3O3S. The third-order valence-corrected chi connectivity index (χ3v) is 9.42. The van der Waals surface area contributed by atoms with Crippen molar-refractivity contribution in [2.24, 2.45) is 0 Å². The fourth-order valence-electron chi connectivity index (χ4n) is 5.28. The molecule has 6 nitrogen and oxygen atoms in total. The molecule has 0 amide bonds. The molecule has 10 heteroatoms. The van der Waals surface area contributed by atoms with Crippen LogP contribution >= 0.6 is 0 Å². The highest BCUT2D eigenvalue weighted by atomic mass is 32.2. The van der Waals surface area contributed by atoms with Crippen LogP contribution in [0, 0.1) is 0 Å². The summed E-state index contributed by atoms with van der Waals surface area (Å²) in [5.41, 5.74) is 2.92. The van der Waals surface area contributed by atoms with Crippen molar-refractivity contribution < 1.29 is 26.3 Å². The quantitative estimate of drug-likeness (QED) is 0.443. The number of hydrogen-bond donors (Lipinski definition) is 0. The summed E-state index contributed by atoms with van der Waals surface area (Å²) >= 11 is 0. The van der Waals surface area contributed by atoms with E-state index in [0.29, 0.717) is 37.6 Å². The molecule has 0 atom stereocenters. The van der Waals surface area contributed by atoms with E-state index in [-0.39, 0.29) is 9.79 Å². The van der Waals surface area contributed by atoms with Gasteiger partial charge in [-0.2, -0.15) is 13.2 Å². The van der Waals surface area contributed by atoms with Gasteiger partial charge in [0.2, 0.25) is 9.84 Å². The predicted molar refractivity (Wildman–Crippen MR) is 146 cm³/mol. The Morgan fingerprint density at radius 2 is 1.36 bits per heavy atom. The SMILES string of the molecule is COc1cc2c(cc1S(=O)(=O)c1ccc(N3CCN(c4cccc(C(F)(F)F)c4)CC3)cc1)CCN(C)CC2. The summed E-state index contributed by atoms with van der Waals surface area (Å²) in [6, 6.07) is 15.8. The number of ether oxygens (including phenoxy) is 1. The van der Waals surface area contributed by atoms with E-state index in [0.717, 1.165) is 48.8 Å². The number of benzene rings is 3. The summed E-state index contributed by atoms with van der Waals surface area (Å²) in [5, 5.41) is 0. The molecule has 0 unspecified atom stereocenters. The highest BCUT2D eigenvalue weighted by molar-refractivity contribution is 7.91. The lowest BCUT2D eigenvalue weighted by Gasteiger charge is -2.37. The molecule has 39 heavy (non-hydrogen) atoms. The highest BCUT2D eigenvalue weighted by Gasteiger charge is 2.31. The maximum atomic E-state index is 13.6. The number of likely N-dealkylation sites (N-methyl/N-ethyl adjacent to an activating group) is 1. The molecule has 2 aliphatic rings. The van der Waals surface area contributed by atoms with E-state index in [1.807, 2.05) is 11.0 Å². The van der Waals surface area contributed by atoms with Crippen LogP contribution in [-0.2, 0) is 28.9 Å². The molecule has 0 aliphatic carbocycles. The zero-order chi connectivity index (χ0) is 27.8. The molecule has 2 aliphatic heterocycles. The maximum Gasteiger partial charge on any atom is 0.416 e. The smallest absolute Gasteiger partial charge is 0.416 e. The Bertz CT molecular complexity index is 1430. The average molecular weight is 560 g/mol. The highest BCUT2D eigenvalue weighted by Crippen LogP contribution is 2.35. The number of sulfone groups is 1. The lowest BCUT2D eigenvalue weighted by molar-refractivity contribution is -0.137. The molecule has 208 valence electrons. The lowest BCUT2D eigenvalue weighted by atomic mass is 10.0. The van der Waals surface area contributed by atoms with Crippen LogP contribution in [0.4, 0.5) is 24.5 Å². The first-order valence-electron chi connectivity index (χ1n) is 13.0. The second kappa shape index (κ2) is 10.7. The van der Waals surface area contributed by atoms with Crippen LogP contribution in [0.2, 0.25) is 0 Å². The molecule has 2 heterocycles. The first-order valence-corrected chi connectivity index (χ1v) is 14.5. The molecule has 3 aromatic carbocycles. The first-order chi connectivity index (χ1) is 18.6. The van der Waals surface area contributed by atoms with Gasteiger partial charge in [-0.15, -0.1) is 0 Å². The predicted octanol–water partition coefficient (Wildman–Crippen LogP) is 4.90. The molecule has 0 bridgehead atoms. The molecule has 0 saturated carbocycles. The Kier molecular flexibility index (Phi) is 7.52. The van der Waals surface area contributed by atoms with E-state index in [9.17, 15) is 21.6 Å². The zero-order valence-corrected chi connectivity index (χ0v) is 22.9. The molecule has 0 N–H and O–H groups in total. The molecule has 1 saturated heterocycles. The minimum atomic E-state index is -4.38. The van der Waals surface area contributed by atoms with E-state index in [1.165, 1.54) is 19.2 Å². The summed E-state index contributed by atoms with van der Waals surface area (Å²) in [6.45, 7) is 4.11. The Hall–Kier alpha value is -3.24. The van der Waals surface area contributed by atoms with E-state index >= 15 is 0 Å². The normalized spacial score (nSPS) is 17.1. The van der Waals surface area contributed by atoms with Gasteiger partial charge in [0.1, 0.15) is 10.6 Å². The molecular weight excluding hydrogens is 527 g/mol. The van der Waals surface area contributed by atoms with Crippen molar-refractivity contribution in [3.63, 3.8) is 0 Å². The van der Waals surface area contributed by atoms with Gasteiger partial charge in [-0.1, -0.05) is 6.07 Å². The monoisotopic (exact) mass is 559 g/mol. The summed E-state index contributed by atoms with van der Waals surface area (Å²) in [6.07, 6.45) is -2.75. The Morgan fingerprint density at radius 1 is 0.769 bits per heavy atom. The number of rotatable bonds is 5. The van der Waals surface area contributed by atoms with E-state index in [1.54, 1.807) is 36.4 Å². The van der Waals surface area contributed by atoms with Gasteiger partial charge in [-0.05, 0) is 85.6 Å². The summed E-state index contributed by atoms with van der Waals surface area (Å²) < 4.78 is 72.1. The number of hydrogen-bond acceptors (Lipinski definition) is 6. The number of fused-ring (bicyclic) bond motifs is 1. The van der Waals surface area contributed by atoms with Crippen LogP contribution in [0.3, 0.4) is 0 Å². The van der Waals surface area contributed by atoms with E-state index in [2.05, 4.69) is 16.8 Å². The van der Waals surface area contributed by atoms with Crippen LogP contribution < -0.4 is 14.5 Å². The molecule has 5 rings (SSSR count). The summed E-state index contributed by atoms with van der Waals surface area (Å²) in [5.74, 6) is 0.355. The van der Waals surface area contributed by atoms with E-state index in [4.69, 9.17) is 4.74 Å². The van der Waals surface area contributed by atoms with Crippen LogP contribution in [0.1, 0.15) is 16.7 Å². The minimum absolute atomic E-state index is 0.177. The van der Waals surface area contributed by atoms with Crippen LogP contribution in [-0.4, -0.2) is 66.7 Å². The van der Waals surface area contributed by atoms with Crippen molar-refractivity contribution in [1.82, 2.24) is 4.90 Å². The van der Waals surface area contributed by atoms with E-state index < -0.39 is 21.6 Å². The standard InChI is InChI=1S/C29H32F3N3O3S/c1-33-12-10-21-18-27(38-2)28(19-22(21)11-13-33)39(36,37)26-8-6-24(7-9-26)34-14-16-35(17-15-34)25-5-3-4-23(20-25)29(30,31)32/h3-9,18-20H,10-17H2,1-2H3. The van der Waals surface area contributed by atoms with Gasteiger partial charge in [-0.25, -0.2) is 8.42 Å². The largest absolute Gasteiger partial charge is 0.495 e. The van der Waals surface area contributed by atoms with Crippen molar-refractivity contribution in [2.75, 3.05) is 63.2 Å². The minimum Gasteiger partial charge on any atom is -0.495 e. The Balaban J connectivity index is 1.31. The molecule has 1 fully saturated rings. The van der Waals surface area contributed by atoms with Crippen LogP contribution in [0.25, 0.3) is 0 Å². The lowest BCUT2D eigenvalue weighted by Crippen LogP contribution is -2.46. The fourth-order valence-corrected chi connectivity index (χ4v) is 6.73. The summed E-state index contributed by atoms with van der Waals surface area (Å²) in [7, 11) is -0.252. The second-order valence-corrected chi connectivity index (χ2v) is 12.0. The Morgan fingerprint density at radius 3 is 1.95 bits per heavy atom. The summed E-state index contributed by atoms with van der Waals surface area (Å²) in [4.78, 5) is 6.65. The molecule has 0 aromatic heterocycles. The van der Waals surface area contributed by atoms with Crippen molar-refractivity contribution >= 4 is 21.2 Å². The molecule has 3 aromatic rings. The third kappa shape index (κ3) is 5.72. The topological polar surface area (TPSA) is 53.1 Å². The third-order valence-electron chi connectivity index (χ3n) is 7.63. The van der Waals surface area contributed by atoms with Crippen molar-refractivity contribution in [1.29, 1.82) is 0 Å². The maximum absolute atomic E-state index is 13.6.